The highest BCUT2D eigenvalue weighted by molar-refractivity contribution is 5.75. The Labute approximate surface area is 55.6 Å². The van der Waals surface area contributed by atoms with Crippen LogP contribution in [0.1, 0.15) is 6.92 Å². The Morgan fingerprint density at radius 3 is 2.22 bits per heavy atom. The molecule has 0 heterocycles. The summed E-state index contributed by atoms with van der Waals surface area (Å²) in [4.78, 5) is 12.4. The van der Waals surface area contributed by atoms with Gasteiger partial charge in [-0.05, 0) is 21.0 Å². The van der Waals surface area contributed by atoms with Gasteiger partial charge in [0.1, 0.15) is 13.2 Å². The fourth-order valence-electron chi connectivity index (χ4n) is 0.331. The molecule has 0 saturated heterocycles. The first kappa shape index (κ1) is 8.43. The molecule has 53 valence electrons. The summed E-state index contributed by atoms with van der Waals surface area (Å²) in [5, 5.41) is 0. The van der Waals surface area contributed by atoms with E-state index in [4.69, 9.17) is 0 Å². The van der Waals surface area contributed by atoms with Crippen molar-refractivity contribution in [3.8, 4) is 0 Å². The van der Waals surface area contributed by atoms with Gasteiger partial charge in [0, 0.05) is 0 Å². The van der Waals surface area contributed by atoms with Crippen LogP contribution in [0.5, 0.6) is 0 Å². The molecule has 0 aliphatic heterocycles. The highest BCUT2D eigenvalue weighted by Gasteiger charge is 2.13. The maximum absolute atomic E-state index is 10.6. The molecule has 0 N–H and O–H groups in total. The van der Waals surface area contributed by atoms with E-state index in [0.29, 0.717) is 0 Å². The van der Waals surface area contributed by atoms with Crippen molar-refractivity contribution >= 4 is 5.97 Å². The molecule has 1 radical (unpaired) electrons. The van der Waals surface area contributed by atoms with E-state index in [9.17, 15) is 4.79 Å². The molecule has 0 rings (SSSR count). The number of hydrogen-bond donors (Lipinski definition) is 0. The minimum absolute atomic E-state index is 0.206. The lowest BCUT2D eigenvalue weighted by Gasteiger charge is -2.15. The van der Waals surface area contributed by atoms with Crippen LogP contribution >= 0.6 is 0 Å². The first-order valence-corrected chi connectivity index (χ1v) is 2.72. The molecule has 9 heavy (non-hydrogen) atoms. The monoisotopic (exact) mass is 130 g/mol. The van der Waals surface area contributed by atoms with Crippen LogP contribution in [0.3, 0.4) is 0 Å². The lowest BCUT2D eigenvalue weighted by atomic mass is 10.3. The lowest BCUT2D eigenvalue weighted by molar-refractivity contribution is -0.143. The van der Waals surface area contributed by atoms with Crippen LogP contribution in [-0.4, -0.2) is 31.0 Å². The Morgan fingerprint density at radius 1 is 1.67 bits per heavy atom. The second-order valence-corrected chi connectivity index (χ2v) is 2.10. The number of ether oxygens (including phenoxy) is 1. The predicted octanol–water partition coefficient (Wildman–Crippen LogP) is 0.271. The molecule has 0 aliphatic carbocycles. The van der Waals surface area contributed by atoms with Gasteiger partial charge in [-0.25, -0.2) is 0 Å². The second kappa shape index (κ2) is 3.45. The van der Waals surface area contributed by atoms with E-state index in [-0.39, 0.29) is 12.0 Å². The Bertz CT molecular complexity index is 101. The Hall–Kier alpha value is -0.570. The number of hydrogen-bond acceptors (Lipinski definition) is 3. The van der Waals surface area contributed by atoms with Crippen molar-refractivity contribution in [2.75, 3.05) is 14.1 Å². The number of nitrogens with zero attached hydrogens (tertiary/aromatic N) is 1. The number of carbonyl (C=O) groups is 1. The molecule has 0 spiro atoms. The third-order valence-corrected chi connectivity index (χ3v) is 1.26. The van der Waals surface area contributed by atoms with Crippen molar-refractivity contribution in [1.82, 2.24) is 4.90 Å². The summed E-state index contributed by atoms with van der Waals surface area (Å²) in [5.74, 6) is -0.306. The van der Waals surface area contributed by atoms with Gasteiger partial charge in [-0.2, -0.15) is 0 Å². The summed E-state index contributed by atoms with van der Waals surface area (Å²) >= 11 is 0. The molecule has 3 heteroatoms. The van der Waals surface area contributed by atoms with Crippen LogP contribution in [0.4, 0.5) is 0 Å². The standard InChI is InChI=1S/C6H12NO2/c1-5(7(2)3)6(8)9-4/h5H,4H2,1-3H3/t5-/m0/s1. The zero-order valence-corrected chi connectivity index (χ0v) is 6.05. The van der Waals surface area contributed by atoms with Crippen molar-refractivity contribution in [2.45, 2.75) is 13.0 Å². The van der Waals surface area contributed by atoms with Crippen LogP contribution in [0.25, 0.3) is 0 Å². The molecule has 0 amide bonds. The highest BCUT2D eigenvalue weighted by atomic mass is 16.5. The summed E-state index contributed by atoms with van der Waals surface area (Å²) < 4.78 is 4.24. The predicted molar refractivity (Wildman–Crippen MR) is 34.6 cm³/mol. The molecule has 0 aromatic heterocycles. The minimum atomic E-state index is -0.306. The van der Waals surface area contributed by atoms with Gasteiger partial charge in [0.15, 0.2) is 0 Å². The maximum atomic E-state index is 10.6. The number of likely N-dealkylation sites (N-methyl/N-ethyl adjacent to an activating group) is 1. The zero-order chi connectivity index (χ0) is 7.44. The molecule has 0 aromatic carbocycles. The Morgan fingerprint density at radius 2 is 2.11 bits per heavy atom. The van der Waals surface area contributed by atoms with Gasteiger partial charge in [-0.15, -0.1) is 0 Å². The molecule has 0 aromatic rings. The summed E-state index contributed by atoms with van der Waals surface area (Å²) in [5.41, 5.74) is 0. The number of carbonyl (C=O) groups excluding carboxylic acids is 1. The molecule has 0 aliphatic rings. The summed E-state index contributed by atoms with van der Waals surface area (Å²) in [6.45, 7) is 1.76. The topological polar surface area (TPSA) is 29.5 Å². The van der Waals surface area contributed by atoms with Gasteiger partial charge in [0.05, 0.1) is 0 Å². The molecule has 3 nitrogen and oxygen atoms in total. The van der Waals surface area contributed by atoms with Crippen LogP contribution in [0.15, 0.2) is 0 Å². The van der Waals surface area contributed by atoms with Crippen molar-refractivity contribution in [3.05, 3.63) is 7.11 Å². The fourth-order valence-corrected chi connectivity index (χ4v) is 0.331. The average Bonchev–Trinajstić information content (AvgIpc) is 1.84. The van der Waals surface area contributed by atoms with Gasteiger partial charge in [0.2, 0.25) is 0 Å². The summed E-state index contributed by atoms with van der Waals surface area (Å²) in [6.07, 6.45) is 0. The van der Waals surface area contributed by atoms with Crippen LogP contribution in [0, 0.1) is 7.11 Å². The van der Waals surface area contributed by atoms with E-state index in [1.54, 1.807) is 11.8 Å². The van der Waals surface area contributed by atoms with E-state index >= 15 is 0 Å². The molecule has 0 bridgehead atoms. The smallest absolute Gasteiger partial charge is 0.323 e. The fraction of sp³-hybridized carbons (Fsp3) is 0.667. The van der Waals surface area contributed by atoms with Gasteiger partial charge < -0.3 is 4.74 Å². The number of rotatable bonds is 2. The van der Waals surface area contributed by atoms with E-state index in [2.05, 4.69) is 11.8 Å². The third kappa shape index (κ3) is 2.46. The number of esters is 1. The van der Waals surface area contributed by atoms with E-state index in [0.717, 1.165) is 0 Å². The van der Waals surface area contributed by atoms with Gasteiger partial charge in [0.25, 0.3) is 0 Å². The van der Waals surface area contributed by atoms with Crippen LogP contribution in [0.2, 0.25) is 0 Å². The lowest BCUT2D eigenvalue weighted by Crippen LogP contribution is -2.33. The zero-order valence-electron chi connectivity index (χ0n) is 6.05. The Balaban J connectivity index is 3.72. The van der Waals surface area contributed by atoms with E-state index in [1.807, 2.05) is 14.1 Å². The van der Waals surface area contributed by atoms with Crippen LogP contribution in [-0.2, 0) is 9.53 Å². The average molecular weight is 130 g/mol. The molecule has 0 fully saturated rings. The van der Waals surface area contributed by atoms with Gasteiger partial charge >= 0.3 is 5.97 Å². The molecule has 1 atom stereocenters. The third-order valence-electron chi connectivity index (χ3n) is 1.26. The van der Waals surface area contributed by atoms with Crippen LogP contribution < -0.4 is 0 Å². The van der Waals surface area contributed by atoms with Gasteiger partial charge in [-0.1, -0.05) is 0 Å². The van der Waals surface area contributed by atoms with Crippen molar-refractivity contribution < 1.29 is 9.53 Å². The largest absolute Gasteiger partial charge is 0.461 e. The molecule has 0 saturated carbocycles. The quantitative estimate of drug-likeness (QED) is 0.502. The summed E-state index contributed by atoms with van der Waals surface area (Å²) in [7, 11) is 6.63. The highest BCUT2D eigenvalue weighted by Crippen LogP contribution is 1.92. The minimum Gasteiger partial charge on any atom is -0.461 e. The van der Waals surface area contributed by atoms with E-state index < -0.39 is 0 Å². The van der Waals surface area contributed by atoms with E-state index in [1.165, 1.54) is 0 Å². The Kier molecular flexibility index (Phi) is 3.24. The first-order valence-electron chi connectivity index (χ1n) is 2.72. The molecular weight excluding hydrogens is 118 g/mol. The second-order valence-electron chi connectivity index (χ2n) is 2.10. The van der Waals surface area contributed by atoms with Crippen molar-refractivity contribution in [1.29, 1.82) is 0 Å². The SMILES string of the molecule is [CH2]OC(=O)[C@H](C)N(C)C. The molecular formula is C6H12NO2. The maximum Gasteiger partial charge on any atom is 0.323 e. The normalized spacial score (nSPS) is 13.4. The first-order chi connectivity index (χ1) is 4.09. The molecule has 0 unspecified atom stereocenters. The van der Waals surface area contributed by atoms with Crippen molar-refractivity contribution in [2.24, 2.45) is 0 Å². The van der Waals surface area contributed by atoms with Gasteiger partial charge in [-0.3, -0.25) is 9.69 Å². The van der Waals surface area contributed by atoms with Crippen molar-refractivity contribution in [3.63, 3.8) is 0 Å². The summed E-state index contributed by atoms with van der Waals surface area (Å²) in [6, 6.07) is -0.206.